The summed E-state index contributed by atoms with van der Waals surface area (Å²) in [6.45, 7) is 7.46. The maximum absolute atomic E-state index is 9.93. The second-order valence-electron chi connectivity index (χ2n) is 7.86. The smallest absolute Gasteiger partial charge is 0.115 e. The Balaban J connectivity index is 0.00000144. The van der Waals surface area contributed by atoms with Crippen molar-refractivity contribution in [2.24, 2.45) is 11.8 Å². The molecule has 4 rings (SSSR count). The van der Waals surface area contributed by atoms with Gasteiger partial charge in [-0.3, -0.25) is 4.90 Å². The Morgan fingerprint density at radius 3 is 2.82 bits per heavy atom. The predicted octanol–water partition coefficient (Wildman–Crippen LogP) is 4.14. The number of fused-ring (bicyclic) bond motifs is 4. The van der Waals surface area contributed by atoms with Crippen molar-refractivity contribution in [3.8, 4) is 5.75 Å². The summed E-state index contributed by atoms with van der Waals surface area (Å²) in [5.74, 6) is 2.08. The number of likely N-dealkylation sites (tertiary alicyclic amines) is 1. The van der Waals surface area contributed by atoms with E-state index in [1.54, 1.807) is 0 Å². The van der Waals surface area contributed by atoms with Crippen LogP contribution in [0.2, 0.25) is 0 Å². The van der Waals surface area contributed by atoms with Gasteiger partial charge in [0.1, 0.15) is 5.75 Å². The number of nitrogens with zero attached hydrogens (tertiary/aromatic N) is 1. The predicted molar refractivity (Wildman–Crippen MR) is 92.9 cm³/mol. The normalized spacial score (nSPS) is 34.5. The summed E-state index contributed by atoms with van der Waals surface area (Å²) >= 11 is 0. The third-order valence-corrected chi connectivity index (χ3v) is 6.52. The number of phenolic OH excluding ortho intramolecular Hbond substituents is 1. The lowest BCUT2D eigenvalue weighted by atomic mass is 9.61. The van der Waals surface area contributed by atoms with Gasteiger partial charge in [-0.15, -0.1) is 12.4 Å². The number of hydrogen-bond acceptors (Lipinski definition) is 2. The van der Waals surface area contributed by atoms with Crippen molar-refractivity contribution in [1.82, 2.24) is 4.90 Å². The minimum absolute atomic E-state index is 0. The van der Waals surface area contributed by atoms with Crippen molar-refractivity contribution in [3.63, 3.8) is 0 Å². The van der Waals surface area contributed by atoms with Gasteiger partial charge >= 0.3 is 0 Å². The minimum atomic E-state index is 0. The highest BCUT2D eigenvalue weighted by Crippen LogP contribution is 2.49. The molecule has 1 aromatic rings. The quantitative estimate of drug-likeness (QED) is 0.885. The molecule has 2 fully saturated rings. The third kappa shape index (κ3) is 2.55. The number of phenols is 1. The maximum Gasteiger partial charge on any atom is 0.115 e. The van der Waals surface area contributed by atoms with E-state index < -0.39 is 0 Å². The Labute approximate surface area is 140 Å². The molecule has 3 heteroatoms. The zero-order chi connectivity index (χ0) is 14.6. The number of halogens is 1. The number of hydrogen-bond donors (Lipinski definition) is 1. The van der Waals surface area contributed by atoms with E-state index in [-0.39, 0.29) is 17.8 Å². The van der Waals surface area contributed by atoms with Crippen LogP contribution < -0.4 is 0 Å². The van der Waals surface area contributed by atoms with Gasteiger partial charge in [-0.2, -0.15) is 0 Å². The lowest BCUT2D eigenvalue weighted by molar-refractivity contribution is 0.115. The van der Waals surface area contributed by atoms with E-state index in [2.05, 4.69) is 24.8 Å². The summed E-state index contributed by atoms with van der Waals surface area (Å²) in [7, 11) is 0. The number of benzene rings is 1. The van der Waals surface area contributed by atoms with Crippen LogP contribution in [0.3, 0.4) is 0 Å². The zero-order valence-corrected chi connectivity index (χ0v) is 14.5. The van der Waals surface area contributed by atoms with Crippen LogP contribution in [0.25, 0.3) is 0 Å². The van der Waals surface area contributed by atoms with Crippen LogP contribution in [-0.4, -0.2) is 29.1 Å². The van der Waals surface area contributed by atoms with E-state index in [0.717, 1.165) is 5.92 Å². The molecule has 0 aromatic heterocycles. The second kappa shape index (κ2) is 5.72. The summed E-state index contributed by atoms with van der Waals surface area (Å²) < 4.78 is 0. The average molecular weight is 322 g/mol. The van der Waals surface area contributed by atoms with Crippen LogP contribution in [0, 0.1) is 11.8 Å². The van der Waals surface area contributed by atoms with Crippen molar-refractivity contribution in [2.75, 3.05) is 13.1 Å². The molecule has 0 amide bonds. The first-order valence-corrected chi connectivity index (χ1v) is 8.64. The number of aromatic hydroxyl groups is 1. The molecule has 3 atom stereocenters. The Morgan fingerprint density at radius 2 is 2.09 bits per heavy atom. The molecule has 1 heterocycles. The summed E-state index contributed by atoms with van der Waals surface area (Å²) in [6, 6.07) is 6.77. The monoisotopic (exact) mass is 321 g/mol. The van der Waals surface area contributed by atoms with Gasteiger partial charge in [-0.25, -0.2) is 0 Å². The van der Waals surface area contributed by atoms with Gasteiger partial charge in [-0.05, 0) is 79.2 Å². The van der Waals surface area contributed by atoms with Crippen LogP contribution in [0.1, 0.15) is 50.7 Å². The van der Waals surface area contributed by atoms with Crippen molar-refractivity contribution in [1.29, 1.82) is 0 Å². The summed E-state index contributed by atoms with van der Waals surface area (Å²) in [6.07, 6.45) is 6.60. The van der Waals surface area contributed by atoms with E-state index in [1.165, 1.54) is 56.3 Å². The van der Waals surface area contributed by atoms with Crippen LogP contribution in [0.15, 0.2) is 18.2 Å². The molecular formula is C19H28ClNO. The van der Waals surface area contributed by atoms with Gasteiger partial charge in [0.15, 0.2) is 0 Å². The lowest BCUT2D eigenvalue weighted by Gasteiger charge is -2.47. The fourth-order valence-corrected chi connectivity index (χ4v) is 4.83. The maximum atomic E-state index is 9.93. The summed E-state index contributed by atoms with van der Waals surface area (Å²) in [5, 5.41) is 9.93. The first kappa shape index (κ1) is 16.1. The first-order valence-electron chi connectivity index (χ1n) is 8.64. The Kier molecular flexibility index (Phi) is 4.20. The molecule has 2 bridgehead atoms. The average Bonchev–Trinajstić information content (AvgIpc) is 3.26. The molecule has 0 unspecified atom stereocenters. The minimum Gasteiger partial charge on any atom is -0.508 e. The molecule has 0 spiro atoms. The van der Waals surface area contributed by atoms with Gasteiger partial charge < -0.3 is 5.11 Å². The summed E-state index contributed by atoms with van der Waals surface area (Å²) in [4.78, 5) is 2.80. The van der Waals surface area contributed by atoms with Crippen molar-refractivity contribution in [2.45, 2.75) is 57.4 Å². The number of rotatable bonds is 2. The van der Waals surface area contributed by atoms with Crippen LogP contribution >= 0.6 is 12.4 Å². The van der Waals surface area contributed by atoms with Crippen molar-refractivity contribution >= 4 is 12.4 Å². The van der Waals surface area contributed by atoms with E-state index in [0.29, 0.717) is 17.7 Å². The molecule has 1 saturated heterocycles. The van der Waals surface area contributed by atoms with Crippen LogP contribution in [0.5, 0.6) is 5.75 Å². The van der Waals surface area contributed by atoms with Crippen molar-refractivity contribution < 1.29 is 5.11 Å². The molecular weight excluding hydrogens is 294 g/mol. The van der Waals surface area contributed by atoms with E-state index >= 15 is 0 Å². The van der Waals surface area contributed by atoms with Gasteiger partial charge in [0.2, 0.25) is 0 Å². The first-order chi connectivity index (χ1) is 10.1. The van der Waals surface area contributed by atoms with Crippen LogP contribution in [0.4, 0.5) is 0 Å². The molecule has 2 aliphatic carbocycles. The molecule has 2 nitrogen and oxygen atoms in total. The standard InChI is InChI=1S/C19H27NO.ClH/c1-13-18-10-15-6-7-16(21)11-17(15)19(13,2)8-3-9-20(18)12-14-4-5-14;/h6-7,11,13-14,18,21H,3-5,8-10,12H2,1-2H3;1H/t13-,18+,19+;/m0./s1. The highest BCUT2D eigenvalue weighted by atomic mass is 35.5. The molecule has 22 heavy (non-hydrogen) atoms. The lowest BCUT2D eigenvalue weighted by Crippen LogP contribution is -2.50. The zero-order valence-electron chi connectivity index (χ0n) is 13.7. The van der Waals surface area contributed by atoms with Gasteiger partial charge in [0.05, 0.1) is 0 Å². The van der Waals surface area contributed by atoms with E-state index in [1.807, 2.05) is 12.1 Å². The molecule has 122 valence electrons. The topological polar surface area (TPSA) is 23.5 Å². The van der Waals surface area contributed by atoms with Crippen molar-refractivity contribution in [3.05, 3.63) is 29.3 Å². The Bertz CT molecular complexity index is 556. The second-order valence-corrected chi connectivity index (χ2v) is 7.86. The highest BCUT2D eigenvalue weighted by Gasteiger charge is 2.47. The van der Waals surface area contributed by atoms with Gasteiger partial charge in [-0.1, -0.05) is 19.9 Å². The molecule has 1 N–H and O–H groups in total. The molecule has 3 aliphatic rings. The van der Waals surface area contributed by atoms with Crippen LogP contribution in [-0.2, 0) is 11.8 Å². The van der Waals surface area contributed by atoms with Gasteiger partial charge in [0.25, 0.3) is 0 Å². The summed E-state index contributed by atoms with van der Waals surface area (Å²) in [5.41, 5.74) is 3.12. The van der Waals surface area contributed by atoms with Gasteiger partial charge in [0, 0.05) is 12.6 Å². The fraction of sp³-hybridized carbons (Fsp3) is 0.684. The van der Waals surface area contributed by atoms with E-state index in [4.69, 9.17) is 0 Å². The Hall–Kier alpha value is -0.730. The molecule has 1 aliphatic heterocycles. The fourth-order valence-electron chi connectivity index (χ4n) is 4.83. The highest BCUT2D eigenvalue weighted by molar-refractivity contribution is 5.85. The molecule has 0 radical (unpaired) electrons. The largest absolute Gasteiger partial charge is 0.508 e. The van der Waals surface area contributed by atoms with E-state index in [9.17, 15) is 5.11 Å². The SMILES string of the molecule is C[C@H]1[C@H]2Cc3ccc(O)cc3[C@]1(C)CCCN2CC1CC1.Cl. The molecule has 1 aromatic carbocycles. The Morgan fingerprint density at radius 1 is 1.32 bits per heavy atom. The molecule has 1 saturated carbocycles. The third-order valence-electron chi connectivity index (χ3n) is 6.52.